The maximum absolute atomic E-state index is 11.4. The first-order valence-corrected chi connectivity index (χ1v) is 5.66. The Morgan fingerprint density at radius 2 is 2.18 bits per heavy atom. The minimum absolute atomic E-state index is 0.189. The summed E-state index contributed by atoms with van der Waals surface area (Å²) in [6.07, 6.45) is 1.82. The van der Waals surface area contributed by atoms with Gasteiger partial charge in [0.1, 0.15) is 11.6 Å². The van der Waals surface area contributed by atoms with E-state index in [0.29, 0.717) is 5.56 Å². The van der Waals surface area contributed by atoms with Crippen molar-refractivity contribution < 1.29 is 5.11 Å². The molecule has 5 heteroatoms. The lowest BCUT2D eigenvalue weighted by Gasteiger charge is -2.29. The molecule has 1 aromatic rings. The van der Waals surface area contributed by atoms with Crippen molar-refractivity contribution in [2.24, 2.45) is 0 Å². The molecule has 90 valence electrons. The van der Waals surface area contributed by atoms with Gasteiger partial charge in [0, 0.05) is 6.07 Å². The summed E-state index contributed by atoms with van der Waals surface area (Å²) in [7, 11) is 2.05. The molecule has 2 heterocycles. The molecule has 0 saturated carbocycles. The maximum atomic E-state index is 11.4. The summed E-state index contributed by atoms with van der Waals surface area (Å²) in [4.78, 5) is 15.8. The number of rotatable bonds is 1. The van der Waals surface area contributed by atoms with Crippen LogP contribution in [0.3, 0.4) is 0 Å². The average Bonchev–Trinajstić information content (AvgIpc) is 2.29. The molecule has 1 aromatic heterocycles. The number of aromatic hydroxyl groups is 1. The fraction of sp³-hybridized carbons (Fsp3) is 0.500. The van der Waals surface area contributed by atoms with E-state index in [-0.39, 0.29) is 22.9 Å². The Morgan fingerprint density at radius 3 is 2.76 bits per heavy atom. The van der Waals surface area contributed by atoms with Crippen LogP contribution in [0.5, 0.6) is 5.88 Å². The largest absolute Gasteiger partial charge is 0.494 e. The van der Waals surface area contributed by atoms with E-state index in [4.69, 9.17) is 5.26 Å². The third-order valence-corrected chi connectivity index (χ3v) is 3.32. The van der Waals surface area contributed by atoms with Crippen molar-refractivity contribution in [1.82, 2.24) is 9.88 Å². The molecule has 0 aromatic carbocycles. The lowest BCUT2D eigenvalue weighted by molar-refractivity contribution is 0.255. The number of piperidine rings is 1. The molecule has 0 amide bonds. The standard InChI is InChI=1S/C12H15N3O2/c1-15-4-2-8(3-5-15)9-6-11(16)14-12(17)10(9)7-13/h6,8H,2-5H2,1H3,(H2,14,16,17). The van der Waals surface area contributed by atoms with Gasteiger partial charge in [-0.05, 0) is 44.5 Å². The van der Waals surface area contributed by atoms with E-state index in [1.165, 1.54) is 6.07 Å². The quantitative estimate of drug-likeness (QED) is 0.750. The second-order valence-corrected chi connectivity index (χ2v) is 4.50. The summed E-state index contributed by atoms with van der Waals surface area (Å²) in [5.74, 6) is -0.122. The first-order chi connectivity index (χ1) is 8.11. The number of H-pyrrole nitrogens is 1. The van der Waals surface area contributed by atoms with Crippen LogP contribution in [-0.4, -0.2) is 35.1 Å². The Hall–Kier alpha value is -1.80. The lowest BCUT2D eigenvalue weighted by Crippen LogP contribution is -2.30. The van der Waals surface area contributed by atoms with Crippen LogP contribution in [0.2, 0.25) is 0 Å². The Kier molecular flexibility index (Phi) is 3.16. The smallest absolute Gasteiger partial charge is 0.251 e. The van der Waals surface area contributed by atoms with E-state index < -0.39 is 0 Å². The molecule has 0 aliphatic carbocycles. The van der Waals surface area contributed by atoms with Gasteiger partial charge in [0.2, 0.25) is 5.88 Å². The molecule has 17 heavy (non-hydrogen) atoms. The normalized spacial score (nSPS) is 17.9. The summed E-state index contributed by atoms with van der Waals surface area (Å²) in [6, 6.07) is 3.40. The van der Waals surface area contributed by atoms with Gasteiger partial charge in [0.15, 0.2) is 0 Å². The summed E-state index contributed by atoms with van der Waals surface area (Å²) in [6.45, 7) is 1.90. The molecule has 0 spiro atoms. The minimum atomic E-state index is -0.351. The number of nitriles is 1. The van der Waals surface area contributed by atoms with E-state index in [1.54, 1.807) is 0 Å². The molecule has 0 bridgehead atoms. The van der Waals surface area contributed by atoms with E-state index >= 15 is 0 Å². The molecule has 0 unspecified atom stereocenters. The second-order valence-electron chi connectivity index (χ2n) is 4.50. The zero-order valence-corrected chi connectivity index (χ0v) is 9.73. The monoisotopic (exact) mass is 233 g/mol. The highest BCUT2D eigenvalue weighted by atomic mass is 16.3. The number of aromatic amines is 1. The molecule has 1 aliphatic rings. The summed E-state index contributed by atoms with van der Waals surface area (Å²) in [5, 5.41) is 18.6. The summed E-state index contributed by atoms with van der Waals surface area (Å²) < 4.78 is 0. The predicted molar refractivity (Wildman–Crippen MR) is 62.9 cm³/mol. The number of hydrogen-bond donors (Lipinski definition) is 2. The Balaban J connectivity index is 2.38. The van der Waals surface area contributed by atoms with Crippen molar-refractivity contribution in [3.05, 3.63) is 27.5 Å². The number of likely N-dealkylation sites (tertiary alicyclic amines) is 1. The molecule has 1 saturated heterocycles. The molecule has 5 nitrogen and oxygen atoms in total. The molecular weight excluding hydrogens is 218 g/mol. The van der Waals surface area contributed by atoms with Gasteiger partial charge < -0.3 is 10.0 Å². The molecule has 2 N–H and O–H groups in total. The van der Waals surface area contributed by atoms with E-state index in [9.17, 15) is 9.90 Å². The average molecular weight is 233 g/mol. The van der Waals surface area contributed by atoms with Gasteiger partial charge in [-0.2, -0.15) is 5.26 Å². The highest BCUT2D eigenvalue weighted by molar-refractivity contribution is 5.45. The number of aromatic nitrogens is 1. The van der Waals surface area contributed by atoms with Crippen molar-refractivity contribution in [2.45, 2.75) is 18.8 Å². The Labute approximate surface area is 99.3 Å². The topological polar surface area (TPSA) is 80.1 Å². The van der Waals surface area contributed by atoms with Gasteiger partial charge in [-0.1, -0.05) is 0 Å². The van der Waals surface area contributed by atoms with Crippen molar-refractivity contribution in [3.8, 4) is 11.9 Å². The van der Waals surface area contributed by atoms with E-state index in [2.05, 4.69) is 16.9 Å². The van der Waals surface area contributed by atoms with E-state index in [0.717, 1.165) is 25.9 Å². The SMILES string of the molecule is CN1CCC(c2cc(=O)[nH]c(O)c2C#N)CC1. The van der Waals surface area contributed by atoms with Crippen molar-refractivity contribution >= 4 is 0 Å². The van der Waals surface area contributed by atoms with Gasteiger partial charge >= 0.3 is 0 Å². The fourth-order valence-electron chi connectivity index (χ4n) is 2.32. The second kappa shape index (κ2) is 4.60. The van der Waals surface area contributed by atoms with Crippen LogP contribution >= 0.6 is 0 Å². The predicted octanol–water partition coefficient (Wildman–Crippen LogP) is 0.761. The van der Waals surface area contributed by atoms with Gasteiger partial charge in [-0.15, -0.1) is 0 Å². The van der Waals surface area contributed by atoms with Crippen LogP contribution in [0.15, 0.2) is 10.9 Å². The van der Waals surface area contributed by atoms with Crippen LogP contribution in [0.25, 0.3) is 0 Å². The number of hydrogen-bond acceptors (Lipinski definition) is 4. The first kappa shape index (κ1) is 11.7. The highest BCUT2D eigenvalue weighted by Crippen LogP contribution is 2.31. The van der Waals surface area contributed by atoms with Crippen LogP contribution in [0, 0.1) is 11.3 Å². The summed E-state index contributed by atoms with van der Waals surface area (Å²) >= 11 is 0. The molecule has 1 fully saturated rings. The zero-order valence-electron chi connectivity index (χ0n) is 9.73. The minimum Gasteiger partial charge on any atom is -0.494 e. The zero-order chi connectivity index (χ0) is 12.4. The molecule has 0 radical (unpaired) electrons. The van der Waals surface area contributed by atoms with Crippen molar-refractivity contribution in [1.29, 1.82) is 5.26 Å². The number of nitrogens with zero attached hydrogens (tertiary/aromatic N) is 2. The number of pyridine rings is 1. The van der Waals surface area contributed by atoms with Gasteiger partial charge in [0.25, 0.3) is 5.56 Å². The Morgan fingerprint density at radius 1 is 1.53 bits per heavy atom. The third kappa shape index (κ3) is 2.32. The molecular formula is C12H15N3O2. The van der Waals surface area contributed by atoms with Crippen LogP contribution in [0.1, 0.15) is 29.9 Å². The highest BCUT2D eigenvalue weighted by Gasteiger charge is 2.23. The van der Waals surface area contributed by atoms with Crippen LogP contribution in [-0.2, 0) is 0 Å². The Bertz CT molecular complexity index is 507. The third-order valence-electron chi connectivity index (χ3n) is 3.32. The molecule has 1 aliphatic heterocycles. The van der Waals surface area contributed by atoms with E-state index in [1.807, 2.05) is 6.07 Å². The van der Waals surface area contributed by atoms with Crippen LogP contribution < -0.4 is 5.56 Å². The fourth-order valence-corrected chi connectivity index (χ4v) is 2.32. The number of nitrogens with one attached hydrogen (secondary N) is 1. The first-order valence-electron chi connectivity index (χ1n) is 5.66. The maximum Gasteiger partial charge on any atom is 0.251 e. The summed E-state index contributed by atoms with van der Waals surface area (Å²) in [5.41, 5.74) is 0.538. The van der Waals surface area contributed by atoms with Gasteiger partial charge in [-0.25, -0.2) is 0 Å². The van der Waals surface area contributed by atoms with Crippen molar-refractivity contribution in [3.63, 3.8) is 0 Å². The van der Waals surface area contributed by atoms with Gasteiger partial charge in [-0.3, -0.25) is 9.78 Å². The molecule has 0 atom stereocenters. The molecule has 2 rings (SSSR count). The lowest BCUT2D eigenvalue weighted by atomic mass is 9.87. The van der Waals surface area contributed by atoms with Gasteiger partial charge in [0.05, 0.1) is 0 Å². The van der Waals surface area contributed by atoms with Crippen LogP contribution in [0.4, 0.5) is 0 Å². The van der Waals surface area contributed by atoms with Crippen molar-refractivity contribution in [2.75, 3.05) is 20.1 Å².